The first-order chi connectivity index (χ1) is 7.08. The van der Waals surface area contributed by atoms with E-state index in [0.29, 0.717) is 12.5 Å². The number of aryl methyl sites for hydroxylation is 1. The summed E-state index contributed by atoms with van der Waals surface area (Å²) in [5, 5.41) is 12.0. The number of anilines is 1. The molecule has 4 N–H and O–H groups in total. The lowest BCUT2D eigenvalue weighted by Gasteiger charge is -2.06. The van der Waals surface area contributed by atoms with Crippen LogP contribution >= 0.6 is 24.0 Å². The fraction of sp³-hybridized carbons (Fsp3) is 0.364. The summed E-state index contributed by atoms with van der Waals surface area (Å²) in [5.41, 5.74) is 7.71. The maximum atomic E-state index is 9.01. The first-order valence-electron chi connectivity index (χ1n) is 4.89. The Kier molecular flexibility index (Phi) is 7.07. The summed E-state index contributed by atoms with van der Waals surface area (Å²) in [6, 6.07) is 7.84. The summed E-state index contributed by atoms with van der Waals surface area (Å²) in [6.07, 6.45) is -0.469. The number of nitrogens with two attached hydrogens (primary N) is 1. The van der Waals surface area contributed by atoms with E-state index in [9.17, 15) is 0 Å². The van der Waals surface area contributed by atoms with Crippen molar-refractivity contribution in [3.8, 4) is 0 Å². The molecule has 90 valence electrons. The van der Waals surface area contributed by atoms with Crippen LogP contribution in [0.4, 0.5) is 5.69 Å². The molecular weight excluding hydrogens is 317 g/mol. The second-order valence-corrected chi connectivity index (χ2v) is 3.57. The quantitative estimate of drug-likeness (QED) is 0.448. The largest absolute Gasteiger partial charge is 0.391 e. The number of aliphatic hydroxyl groups is 1. The molecule has 16 heavy (non-hydrogen) atoms. The molecule has 0 aliphatic heterocycles. The molecular formula is C11H18IN3O. The fourth-order valence-electron chi connectivity index (χ4n) is 1.05. The molecule has 0 spiro atoms. The van der Waals surface area contributed by atoms with Crippen molar-refractivity contribution in [1.29, 1.82) is 0 Å². The third-order valence-corrected chi connectivity index (χ3v) is 1.85. The molecule has 0 aliphatic rings. The number of hydrogen-bond acceptors (Lipinski definition) is 2. The van der Waals surface area contributed by atoms with Gasteiger partial charge in [-0.15, -0.1) is 24.0 Å². The van der Waals surface area contributed by atoms with E-state index in [-0.39, 0.29) is 24.0 Å². The Bertz CT molecular complexity index is 336. The van der Waals surface area contributed by atoms with Gasteiger partial charge in [0.1, 0.15) is 0 Å². The highest BCUT2D eigenvalue weighted by Gasteiger charge is 1.96. The summed E-state index contributed by atoms with van der Waals surface area (Å²) in [6.45, 7) is 4.00. The van der Waals surface area contributed by atoms with Gasteiger partial charge < -0.3 is 16.2 Å². The third kappa shape index (κ3) is 5.92. The summed E-state index contributed by atoms with van der Waals surface area (Å²) in [5.74, 6) is 0.319. The molecule has 1 rings (SSSR count). The SMILES string of the molecule is Cc1ccc(NC(N)=NCC(C)O)cc1.I. The van der Waals surface area contributed by atoms with Crippen LogP contribution in [-0.2, 0) is 0 Å². The zero-order valence-electron chi connectivity index (χ0n) is 9.47. The first-order valence-corrected chi connectivity index (χ1v) is 4.89. The van der Waals surface area contributed by atoms with E-state index in [1.54, 1.807) is 6.92 Å². The Morgan fingerprint density at radius 2 is 2.00 bits per heavy atom. The van der Waals surface area contributed by atoms with Gasteiger partial charge in [-0.2, -0.15) is 0 Å². The maximum Gasteiger partial charge on any atom is 0.193 e. The van der Waals surface area contributed by atoms with E-state index >= 15 is 0 Å². The molecule has 5 heteroatoms. The highest BCUT2D eigenvalue weighted by Crippen LogP contribution is 2.07. The van der Waals surface area contributed by atoms with Crippen LogP contribution in [-0.4, -0.2) is 23.7 Å². The van der Waals surface area contributed by atoms with Crippen molar-refractivity contribution >= 4 is 35.6 Å². The average molecular weight is 335 g/mol. The van der Waals surface area contributed by atoms with Gasteiger partial charge in [0, 0.05) is 5.69 Å². The molecule has 0 saturated carbocycles. The van der Waals surface area contributed by atoms with Crippen LogP contribution in [0.2, 0.25) is 0 Å². The maximum absolute atomic E-state index is 9.01. The highest BCUT2D eigenvalue weighted by atomic mass is 127. The topological polar surface area (TPSA) is 70.6 Å². The van der Waals surface area contributed by atoms with Crippen molar-refractivity contribution in [2.75, 3.05) is 11.9 Å². The molecule has 0 aromatic heterocycles. The minimum atomic E-state index is -0.469. The van der Waals surface area contributed by atoms with Crippen LogP contribution < -0.4 is 11.1 Å². The molecule has 1 unspecified atom stereocenters. The Labute approximate surface area is 113 Å². The van der Waals surface area contributed by atoms with E-state index < -0.39 is 6.10 Å². The zero-order valence-corrected chi connectivity index (χ0v) is 11.8. The first kappa shape index (κ1) is 15.2. The lowest BCUT2D eigenvalue weighted by molar-refractivity contribution is 0.204. The molecule has 0 bridgehead atoms. The van der Waals surface area contributed by atoms with Crippen molar-refractivity contribution in [1.82, 2.24) is 0 Å². The van der Waals surface area contributed by atoms with Crippen LogP contribution in [0.15, 0.2) is 29.3 Å². The molecule has 0 saturated heterocycles. The molecule has 0 heterocycles. The number of nitrogens with zero attached hydrogens (tertiary/aromatic N) is 1. The number of aliphatic hydroxyl groups excluding tert-OH is 1. The summed E-state index contributed by atoms with van der Waals surface area (Å²) in [4.78, 5) is 3.97. The van der Waals surface area contributed by atoms with Crippen LogP contribution in [0.1, 0.15) is 12.5 Å². The summed E-state index contributed by atoms with van der Waals surface area (Å²) < 4.78 is 0. The number of guanidine groups is 1. The lowest BCUT2D eigenvalue weighted by atomic mass is 10.2. The van der Waals surface area contributed by atoms with Gasteiger partial charge in [-0.1, -0.05) is 17.7 Å². The number of benzene rings is 1. The molecule has 0 radical (unpaired) electrons. The standard InChI is InChI=1S/C11H17N3O.HI/c1-8-3-5-10(6-4-8)14-11(12)13-7-9(2)15;/h3-6,9,15H,7H2,1-2H3,(H3,12,13,14);1H. The Balaban J connectivity index is 0.00000225. The molecule has 4 nitrogen and oxygen atoms in total. The van der Waals surface area contributed by atoms with Crippen LogP contribution in [0.3, 0.4) is 0 Å². The number of rotatable bonds is 3. The fourth-order valence-corrected chi connectivity index (χ4v) is 1.05. The van der Waals surface area contributed by atoms with E-state index in [1.807, 2.05) is 31.2 Å². The van der Waals surface area contributed by atoms with Gasteiger partial charge >= 0.3 is 0 Å². The van der Waals surface area contributed by atoms with Gasteiger partial charge in [-0.05, 0) is 26.0 Å². The van der Waals surface area contributed by atoms with Crippen molar-refractivity contribution < 1.29 is 5.11 Å². The lowest BCUT2D eigenvalue weighted by Crippen LogP contribution is -2.24. The molecule has 1 aromatic carbocycles. The highest BCUT2D eigenvalue weighted by molar-refractivity contribution is 14.0. The van der Waals surface area contributed by atoms with Crippen LogP contribution in [0.5, 0.6) is 0 Å². The molecule has 0 fully saturated rings. The van der Waals surface area contributed by atoms with E-state index in [2.05, 4.69) is 10.3 Å². The Morgan fingerprint density at radius 3 is 2.50 bits per heavy atom. The van der Waals surface area contributed by atoms with Crippen LogP contribution in [0, 0.1) is 6.92 Å². The smallest absolute Gasteiger partial charge is 0.193 e. The van der Waals surface area contributed by atoms with Crippen molar-refractivity contribution in [2.24, 2.45) is 10.7 Å². The molecule has 0 aliphatic carbocycles. The van der Waals surface area contributed by atoms with Gasteiger partial charge in [0.15, 0.2) is 5.96 Å². The number of aliphatic imine (C=N–C) groups is 1. The number of nitrogens with one attached hydrogen (secondary N) is 1. The third-order valence-electron chi connectivity index (χ3n) is 1.85. The molecule has 1 aromatic rings. The van der Waals surface area contributed by atoms with Gasteiger partial charge in [0.25, 0.3) is 0 Å². The molecule has 1 atom stereocenters. The van der Waals surface area contributed by atoms with Crippen molar-refractivity contribution in [3.63, 3.8) is 0 Å². The van der Waals surface area contributed by atoms with Crippen molar-refractivity contribution in [2.45, 2.75) is 20.0 Å². The normalized spacial score (nSPS) is 12.8. The second-order valence-electron chi connectivity index (χ2n) is 3.57. The van der Waals surface area contributed by atoms with E-state index in [1.165, 1.54) is 5.56 Å². The minimum Gasteiger partial charge on any atom is -0.391 e. The van der Waals surface area contributed by atoms with Crippen molar-refractivity contribution in [3.05, 3.63) is 29.8 Å². The van der Waals surface area contributed by atoms with Gasteiger partial charge in [0.2, 0.25) is 0 Å². The minimum absolute atomic E-state index is 0. The van der Waals surface area contributed by atoms with Crippen LogP contribution in [0.25, 0.3) is 0 Å². The summed E-state index contributed by atoms with van der Waals surface area (Å²) in [7, 11) is 0. The van der Waals surface area contributed by atoms with Gasteiger partial charge in [-0.3, -0.25) is 4.99 Å². The average Bonchev–Trinajstić information content (AvgIpc) is 2.19. The monoisotopic (exact) mass is 335 g/mol. The number of halogens is 1. The Hall–Kier alpha value is -0.820. The van der Waals surface area contributed by atoms with E-state index in [0.717, 1.165) is 5.69 Å². The van der Waals surface area contributed by atoms with Gasteiger partial charge in [-0.25, -0.2) is 0 Å². The Morgan fingerprint density at radius 1 is 1.44 bits per heavy atom. The van der Waals surface area contributed by atoms with Gasteiger partial charge in [0.05, 0.1) is 12.6 Å². The molecule has 0 amide bonds. The number of hydrogen-bond donors (Lipinski definition) is 3. The summed E-state index contributed by atoms with van der Waals surface area (Å²) >= 11 is 0. The predicted molar refractivity (Wildman–Crippen MR) is 78.4 cm³/mol. The van der Waals surface area contributed by atoms with E-state index in [4.69, 9.17) is 10.8 Å². The predicted octanol–water partition coefficient (Wildman–Crippen LogP) is 1.72. The second kappa shape index (κ2) is 7.45. The zero-order chi connectivity index (χ0) is 11.3.